The number of alkyl halides is 3. The normalized spacial score (nSPS) is 15.7. The molecule has 1 aromatic carbocycles. The van der Waals surface area contributed by atoms with Gasteiger partial charge in [-0.1, -0.05) is 0 Å². The number of ether oxygens (including phenoxy) is 1. The third kappa shape index (κ3) is 4.78. The van der Waals surface area contributed by atoms with Gasteiger partial charge in [0.15, 0.2) is 0 Å². The lowest BCUT2D eigenvalue weighted by atomic mass is 10.1. The first-order chi connectivity index (χ1) is 11.5. The van der Waals surface area contributed by atoms with Gasteiger partial charge in [0.1, 0.15) is 5.60 Å². The monoisotopic (exact) mass is 355 g/mol. The molecule has 0 unspecified atom stereocenters. The summed E-state index contributed by atoms with van der Waals surface area (Å²) in [6.45, 7) is 6.33. The second kappa shape index (κ2) is 6.82. The molecule has 1 heterocycles. The fraction of sp³-hybridized carbons (Fsp3) is 0.529. The lowest BCUT2D eigenvalue weighted by Gasteiger charge is -2.37. The Labute approximate surface area is 144 Å². The Morgan fingerprint density at radius 1 is 1.16 bits per heavy atom. The van der Waals surface area contributed by atoms with Crippen molar-refractivity contribution in [2.24, 2.45) is 0 Å². The van der Waals surface area contributed by atoms with Crippen LogP contribution in [0.1, 0.15) is 31.9 Å². The molecule has 1 aliphatic heterocycles. The van der Waals surface area contributed by atoms with Gasteiger partial charge < -0.3 is 14.5 Å². The van der Waals surface area contributed by atoms with Gasteiger partial charge in [-0.25, -0.2) is 4.79 Å². The molecule has 0 bridgehead atoms. The second-order valence-electron chi connectivity index (χ2n) is 6.80. The van der Waals surface area contributed by atoms with Crippen molar-refractivity contribution in [1.29, 1.82) is 5.26 Å². The quantitative estimate of drug-likeness (QED) is 0.772. The number of carbonyl (C=O) groups excluding carboxylic acids is 1. The maximum atomic E-state index is 13.3. The van der Waals surface area contributed by atoms with Crippen LogP contribution in [0.3, 0.4) is 0 Å². The number of benzene rings is 1. The molecule has 1 aliphatic rings. The number of halogens is 3. The lowest BCUT2D eigenvalue weighted by molar-refractivity contribution is -0.137. The zero-order chi connectivity index (χ0) is 18.8. The molecule has 25 heavy (non-hydrogen) atoms. The number of nitrogens with zero attached hydrogens (tertiary/aromatic N) is 3. The topological polar surface area (TPSA) is 56.6 Å². The highest BCUT2D eigenvalue weighted by atomic mass is 19.4. The zero-order valence-corrected chi connectivity index (χ0v) is 14.4. The molecule has 0 atom stereocenters. The molecule has 1 saturated heterocycles. The molecule has 0 spiro atoms. The van der Waals surface area contributed by atoms with E-state index >= 15 is 0 Å². The maximum Gasteiger partial charge on any atom is 0.418 e. The summed E-state index contributed by atoms with van der Waals surface area (Å²) in [6, 6.07) is 5.26. The van der Waals surface area contributed by atoms with Crippen molar-refractivity contribution in [2.75, 3.05) is 31.1 Å². The van der Waals surface area contributed by atoms with Gasteiger partial charge in [-0.15, -0.1) is 0 Å². The molecule has 1 aromatic rings. The van der Waals surface area contributed by atoms with E-state index in [1.165, 1.54) is 17.0 Å². The van der Waals surface area contributed by atoms with Gasteiger partial charge in [0, 0.05) is 31.9 Å². The standard InChI is InChI=1S/C17H20F3N3O2/c1-16(2,3)25-15(24)23-8-6-22(7-9-23)14-5-4-12(11-21)10-13(14)17(18,19)20/h4-5,10H,6-9H2,1-3H3. The van der Waals surface area contributed by atoms with E-state index in [1.54, 1.807) is 31.7 Å². The number of hydrogen-bond donors (Lipinski definition) is 0. The fourth-order valence-corrected chi connectivity index (χ4v) is 2.56. The van der Waals surface area contributed by atoms with Gasteiger partial charge in [-0.05, 0) is 39.0 Å². The summed E-state index contributed by atoms with van der Waals surface area (Å²) in [5, 5.41) is 8.83. The molecule has 5 nitrogen and oxygen atoms in total. The minimum Gasteiger partial charge on any atom is -0.444 e. The number of piperazine rings is 1. The van der Waals surface area contributed by atoms with Crippen LogP contribution < -0.4 is 4.90 Å². The Morgan fingerprint density at radius 3 is 2.24 bits per heavy atom. The first kappa shape index (κ1) is 18.9. The highest BCUT2D eigenvalue weighted by Crippen LogP contribution is 2.37. The summed E-state index contributed by atoms with van der Waals surface area (Å²) in [5.74, 6) is 0. The minimum absolute atomic E-state index is 0.0235. The van der Waals surface area contributed by atoms with E-state index < -0.39 is 23.4 Å². The van der Waals surface area contributed by atoms with E-state index in [9.17, 15) is 18.0 Å². The van der Waals surface area contributed by atoms with Crippen LogP contribution in [0.2, 0.25) is 0 Å². The van der Waals surface area contributed by atoms with E-state index in [4.69, 9.17) is 10.00 Å². The molecule has 1 amide bonds. The van der Waals surface area contributed by atoms with E-state index in [2.05, 4.69) is 0 Å². The number of carbonyl (C=O) groups is 1. The predicted molar refractivity (Wildman–Crippen MR) is 86.2 cm³/mol. The molecule has 136 valence electrons. The Bertz CT molecular complexity index is 682. The van der Waals surface area contributed by atoms with Crippen LogP contribution in [0.25, 0.3) is 0 Å². The van der Waals surface area contributed by atoms with E-state index in [-0.39, 0.29) is 37.4 Å². The second-order valence-corrected chi connectivity index (χ2v) is 6.80. The summed E-state index contributed by atoms with van der Waals surface area (Å²) in [6.07, 6.45) is -5.02. The van der Waals surface area contributed by atoms with Crippen LogP contribution >= 0.6 is 0 Å². The van der Waals surface area contributed by atoms with E-state index in [0.717, 1.165) is 6.07 Å². The SMILES string of the molecule is CC(C)(C)OC(=O)N1CCN(c2ccc(C#N)cc2C(F)(F)F)CC1. The molecule has 8 heteroatoms. The Hall–Kier alpha value is -2.43. The van der Waals surface area contributed by atoms with Crippen molar-refractivity contribution in [1.82, 2.24) is 4.90 Å². The van der Waals surface area contributed by atoms with Gasteiger partial charge in [0.05, 0.1) is 17.2 Å². The molecular formula is C17H20F3N3O2. The van der Waals surface area contributed by atoms with E-state index in [0.29, 0.717) is 0 Å². The van der Waals surface area contributed by atoms with Crippen LogP contribution in [0, 0.1) is 11.3 Å². The number of hydrogen-bond acceptors (Lipinski definition) is 4. The third-order valence-electron chi connectivity index (χ3n) is 3.70. The van der Waals surface area contributed by atoms with Gasteiger partial charge >= 0.3 is 12.3 Å². The van der Waals surface area contributed by atoms with Gasteiger partial charge in [-0.3, -0.25) is 0 Å². The lowest BCUT2D eigenvalue weighted by Crippen LogP contribution is -2.50. The van der Waals surface area contributed by atoms with Crippen molar-refractivity contribution in [3.05, 3.63) is 29.3 Å². The molecule has 0 N–H and O–H groups in total. The van der Waals surface area contributed by atoms with Crippen molar-refractivity contribution in [2.45, 2.75) is 32.5 Å². The summed E-state index contributed by atoms with van der Waals surface area (Å²) < 4.78 is 45.1. The minimum atomic E-state index is -4.55. The number of anilines is 1. The van der Waals surface area contributed by atoms with E-state index in [1.807, 2.05) is 0 Å². The highest BCUT2D eigenvalue weighted by molar-refractivity contribution is 5.69. The Morgan fingerprint density at radius 2 is 1.76 bits per heavy atom. The van der Waals surface area contributed by atoms with Crippen LogP contribution in [0.5, 0.6) is 0 Å². The smallest absolute Gasteiger partial charge is 0.418 e. The Kier molecular flexibility index (Phi) is 5.16. The predicted octanol–water partition coefficient (Wildman–Crippen LogP) is 3.63. The molecular weight excluding hydrogens is 335 g/mol. The Balaban J connectivity index is 2.13. The molecule has 0 aliphatic carbocycles. The molecule has 0 radical (unpaired) electrons. The summed E-state index contributed by atoms with van der Waals surface area (Å²) in [5.41, 5.74) is -1.47. The van der Waals surface area contributed by atoms with Gasteiger partial charge in [0.2, 0.25) is 0 Å². The van der Waals surface area contributed by atoms with Crippen LogP contribution in [-0.2, 0) is 10.9 Å². The first-order valence-corrected chi connectivity index (χ1v) is 7.85. The third-order valence-corrected chi connectivity index (χ3v) is 3.70. The summed E-state index contributed by atoms with van der Waals surface area (Å²) in [7, 11) is 0. The van der Waals surface area contributed by atoms with Crippen molar-refractivity contribution in [3.63, 3.8) is 0 Å². The zero-order valence-electron chi connectivity index (χ0n) is 14.4. The largest absolute Gasteiger partial charge is 0.444 e. The molecule has 0 aromatic heterocycles. The fourth-order valence-electron chi connectivity index (χ4n) is 2.56. The molecule has 1 fully saturated rings. The van der Waals surface area contributed by atoms with Crippen LogP contribution in [-0.4, -0.2) is 42.8 Å². The van der Waals surface area contributed by atoms with Crippen LogP contribution in [0.15, 0.2) is 18.2 Å². The molecule has 0 saturated carbocycles. The number of nitriles is 1. The average Bonchev–Trinajstić information content (AvgIpc) is 2.52. The number of rotatable bonds is 1. The average molecular weight is 355 g/mol. The van der Waals surface area contributed by atoms with Gasteiger partial charge in [-0.2, -0.15) is 18.4 Å². The van der Waals surface area contributed by atoms with Crippen LogP contribution in [0.4, 0.5) is 23.7 Å². The van der Waals surface area contributed by atoms with Crippen molar-refractivity contribution < 1.29 is 22.7 Å². The maximum absolute atomic E-state index is 13.3. The number of amides is 1. The summed E-state index contributed by atoms with van der Waals surface area (Å²) >= 11 is 0. The molecule has 2 rings (SSSR count). The highest BCUT2D eigenvalue weighted by Gasteiger charge is 2.36. The van der Waals surface area contributed by atoms with Crippen molar-refractivity contribution >= 4 is 11.8 Å². The first-order valence-electron chi connectivity index (χ1n) is 7.85. The van der Waals surface area contributed by atoms with Gasteiger partial charge in [0.25, 0.3) is 0 Å². The van der Waals surface area contributed by atoms with Crippen molar-refractivity contribution in [3.8, 4) is 6.07 Å². The summed E-state index contributed by atoms with van der Waals surface area (Å²) in [4.78, 5) is 15.1.